The van der Waals surface area contributed by atoms with Gasteiger partial charge in [0.2, 0.25) is 6.79 Å². The van der Waals surface area contributed by atoms with Gasteiger partial charge in [-0.2, -0.15) is 0 Å². The van der Waals surface area contributed by atoms with E-state index in [-0.39, 0.29) is 18.0 Å². The summed E-state index contributed by atoms with van der Waals surface area (Å²) in [5.74, 6) is 1.36. The predicted molar refractivity (Wildman–Crippen MR) is 153 cm³/mol. The van der Waals surface area contributed by atoms with E-state index in [4.69, 9.17) is 25.7 Å². The van der Waals surface area contributed by atoms with E-state index in [9.17, 15) is 9.59 Å². The van der Waals surface area contributed by atoms with E-state index in [2.05, 4.69) is 19.1 Å². The summed E-state index contributed by atoms with van der Waals surface area (Å²) in [6, 6.07) is 18.9. The number of unbranched alkanes of at least 4 members (excludes halogenated alkanes) is 2. The maximum absolute atomic E-state index is 12.6. The Bertz CT molecular complexity index is 1230. The Morgan fingerprint density at radius 1 is 0.821 bits per heavy atom. The highest BCUT2D eigenvalue weighted by Gasteiger charge is 2.22. The van der Waals surface area contributed by atoms with Gasteiger partial charge in [0, 0.05) is 11.4 Å². The number of carbonyl (C=O) groups excluding carboxylic acids is 2. The summed E-state index contributed by atoms with van der Waals surface area (Å²) >= 11 is 0. The Labute approximate surface area is 230 Å². The summed E-state index contributed by atoms with van der Waals surface area (Å²) in [4.78, 5) is 24.8. The largest absolute Gasteiger partial charge is 0.457 e. The molecule has 1 saturated carbocycles. The van der Waals surface area contributed by atoms with Crippen LogP contribution >= 0.6 is 0 Å². The quantitative estimate of drug-likeness (QED) is 0.0892. The van der Waals surface area contributed by atoms with Crippen molar-refractivity contribution in [1.29, 1.82) is 0 Å². The van der Waals surface area contributed by atoms with Crippen molar-refractivity contribution < 1.29 is 23.8 Å². The minimum absolute atomic E-state index is 0.212. The summed E-state index contributed by atoms with van der Waals surface area (Å²) in [6.45, 7) is 1.95. The van der Waals surface area contributed by atoms with Gasteiger partial charge in [0.25, 0.3) is 0 Å². The van der Waals surface area contributed by atoms with E-state index in [1.165, 1.54) is 69.1 Å². The highest BCUT2D eigenvalue weighted by Crippen LogP contribution is 2.38. The first-order valence-electron chi connectivity index (χ1n) is 13.8. The molecule has 3 aromatic rings. The molecule has 0 heterocycles. The van der Waals surface area contributed by atoms with Crippen molar-refractivity contribution in [1.82, 2.24) is 0 Å². The second-order valence-corrected chi connectivity index (χ2v) is 10.2. The highest BCUT2D eigenvalue weighted by atomic mass is 16.7. The number of esters is 2. The van der Waals surface area contributed by atoms with Gasteiger partial charge in [-0.15, -0.1) is 0 Å². The zero-order chi connectivity index (χ0) is 27.6. The van der Waals surface area contributed by atoms with Gasteiger partial charge in [-0.1, -0.05) is 44.7 Å². The van der Waals surface area contributed by atoms with E-state index in [1.54, 1.807) is 30.3 Å². The number of nitrogens with two attached hydrogens (primary N) is 2. The number of carbonyl (C=O) groups is 2. The normalized spacial score (nSPS) is 16.8. The molecule has 0 atom stereocenters. The lowest BCUT2D eigenvalue weighted by Gasteiger charge is -2.29. The molecule has 7 nitrogen and oxygen atoms in total. The Hall–Kier alpha value is -4.00. The first kappa shape index (κ1) is 28.0. The predicted octanol–water partition coefficient (Wildman–Crippen LogP) is 7.12. The summed E-state index contributed by atoms with van der Waals surface area (Å²) in [7, 11) is 0. The molecule has 0 saturated heterocycles. The van der Waals surface area contributed by atoms with Gasteiger partial charge in [0.15, 0.2) is 0 Å². The standard InChI is InChI=1S/C32H38N2O5/c1-2-3-4-5-22-6-8-23(9-7-22)24-10-17-28(18-11-24)39-31(35)25-12-15-27(16-13-25)37-21-38-32(36)29-19-14-26(33)20-30(29)34/h10-20,22-23H,2-9,21,33-34H2,1H3. The van der Waals surface area contributed by atoms with Crippen LogP contribution in [0.4, 0.5) is 11.4 Å². The lowest BCUT2D eigenvalue weighted by Crippen LogP contribution is -2.13. The molecule has 0 aliphatic heterocycles. The van der Waals surface area contributed by atoms with Gasteiger partial charge in [-0.05, 0) is 97.7 Å². The Balaban J connectivity index is 1.21. The van der Waals surface area contributed by atoms with Crippen molar-refractivity contribution in [3.63, 3.8) is 0 Å². The molecule has 0 radical (unpaired) electrons. The molecule has 0 unspecified atom stereocenters. The summed E-state index contributed by atoms with van der Waals surface area (Å²) in [5, 5.41) is 0. The maximum Gasteiger partial charge on any atom is 0.343 e. The number of anilines is 2. The Morgan fingerprint density at radius 2 is 1.51 bits per heavy atom. The fourth-order valence-electron chi connectivity index (χ4n) is 5.12. The van der Waals surface area contributed by atoms with Gasteiger partial charge in [0.1, 0.15) is 11.5 Å². The van der Waals surface area contributed by atoms with Crippen LogP contribution in [0.5, 0.6) is 11.5 Å². The molecule has 0 aromatic heterocycles. The molecule has 4 N–H and O–H groups in total. The minimum atomic E-state index is -0.617. The summed E-state index contributed by atoms with van der Waals surface area (Å²) in [5.41, 5.74) is 14.1. The molecule has 1 aliphatic carbocycles. The summed E-state index contributed by atoms with van der Waals surface area (Å²) < 4.78 is 16.1. The van der Waals surface area contributed by atoms with Gasteiger partial charge in [0.05, 0.1) is 11.1 Å². The Morgan fingerprint density at radius 3 is 2.18 bits per heavy atom. The second-order valence-electron chi connectivity index (χ2n) is 10.2. The van der Waals surface area contributed by atoms with Crippen LogP contribution in [0.25, 0.3) is 0 Å². The van der Waals surface area contributed by atoms with Gasteiger partial charge in [-0.25, -0.2) is 9.59 Å². The van der Waals surface area contributed by atoms with Crippen LogP contribution in [0.1, 0.15) is 90.5 Å². The van der Waals surface area contributed by atoms with Crippen LogP contribution in [0.3, 0.4) is 0 Å². The molecule has 7 heteroatoms. The first-order chi connectivity index (χ1) is 18.9. The molecule has 3 aromatic carbocycles. The van der Waals surface area contributed by atoms with Gasteiger partial charge in [-0.3, -0.25) is 0 Å². The molecular formula is C32H38N2O5. The average molecular weight is 531 g/mol. The lowest BCUT2D eigenvalue weighted by molar-refractivity contribution is 0.0155. The zero-order valence-corrected chi connectivity index (χ0v) is 22.6. The molecule has 1 aliphatic rings. The van der Waals surface area contributed by atoms with Crippen LogP contribution in [-0.2, 0) is 4.74 Å². The van der Waals surface area contributed by atoms with Crippen LogP contribution in [0.2, 0.25) is 0 Å². The molecule has 39 heavy (non-hydrogen) atoms. The number of hydrogen-bond acceptors (Lipinski definition) is 7. The van der Waals surface area contributed by atoms with E-state index < -0.39 is 11.9 Å². The molecule has 1 fully saturated rings. The van der Waals surface area contributed by atoms with Gasteiger partial charge < -0.3 is 25.7 Å². The third kappa shape index (κ3) is 7.99. The maximum atomic E-state index is 12.6. The number of ether oxygens (including phenoxy) is 3. The van der Waals surface area contributed by atoms with Crippen molar-refractivity contribution in [2.24, 2.45) is 5.92 Å². The third-order valence-corrected chi connectivity index (χ3v) is 7.43. The molecule has 0 spiro atoms. The average Bonchev–Trinajstić information content (AvgIpc) is 2.94. The van der Waals surface area contributed by atoms with Crippen molar-refractivity contribution in [3.8, 4) is 11.5 Å². The number of hydrogen-bond donors (Lipinski definition) is 2. The third-order valence-electron chi connectivity index (χ3n) is 7.43. The lowest BCUT2D eigenvalue weighted by atomic mass is 9.77. The van der Waals surface area contributed by atoms with Crippen LogP contribution in [0.15, 0.2) is 66.7 Å². The zero-order valence-electron chi connectivity index (χ0n) is 22.6. The Kier molecular flexibility index (Phi) is 9.84. The monoisotopic (exact) mass is 530 g/mol. The topological polar surface area (TPSA) is 114 Å². The van der Waals surface area contributed by atoms with E-state index in [0.29, 0.717) is 28.7 Å². The van der Waals surface area contributed by atoms with Crippen molar-refractivity contribution >= 4 is 23.3 Å². The van der Waals surface area contributed by atoms with Crippen LogP contribution in [0, 0.1) is 5.92 Å². The number of nitrogen functional groups attached to an aromatic ring is 2. The van der Waals surface area contributed by atoms with Gasteiger partial charge >= 0.3 is 11.9 Å². The fraction of sp³-hybridized carbons (Fsp3) is 0.375. The minimum Gasteiger partial charge on any atom is -0.457 e. The van der Waals surface area contributed by atoms with E-state index >= 15 is 0 Å². The smallest absolute Gasteiger partial charge is 0.343 e. The summed E-state index contributed by atoms with van der Waals surface area (Å²) in [6.07, 6.45) is 10.5. The second kappa shape index (κ2) is 13.7. The fourth-order valence-corrected chi connectivity index (χ4v) is 5.12. The molecule has 0 bridgehead atoms. The van der Waals surface area contributed by atoms with Crippen molar-refractivity contribution in [3.05, 3.63) is 83.4 Å². The van der Waals surface area contributed by atoms with Crippen LogP contribution in [-0.4, -0.2) is 18.7 Å². The SMILES string of the molecule is CCCCCC1CCC(c2ccc(OC(=O)c3ccc(OCOC(=O)c4ccc(N)cc4N)cc3)cc2)CC1. The van der Waals surface area contributed by atoms with Crippen LogP contribution < -0.4 is 20.9 Å². The number of benzene rings is 3. The first-order valence-corrected chi connectivity index (χ1v) is 13.8. The van der Waals surface area contributed by atoms with E-state index in [1.807, 2.05) is 12.1 Å². The van der Waals surface area contributed by atoms with Crippen molar-refractivity contribution in [2.75, 3.05) is 18.3 Å². The molecular weight excluding hydrogens is 492 g/mol. The molecule has 206 valence electrons. The van der Waals surface area contributed by atoms with E-state index in [0.717, 1.165) is 5.92 Å². The van der Waals surface area contributed by atoms with Crippen molar-refractivity contribution in [2.45, 2.75) is 64.2 Å². The molecule has 4 rings (SSSR count). The number of rotatable bonds is 11. The molecule has 0 amide bonds. The highest BCUT2D eigenvalue weighted by molar-refractivity contribution is 5.95.